The average Bonchev–Trinajstić information content (AvgIpc) is 2.40. The molecule has 0 spiro atoms. The maximum atomic E-state index is 13.3. The normalized spacial score (nSPS) is 12.4. The van der Waals surface area contributed by atoms with E-state index in [4.69, 9.17) is 11.6 Å². The molecular weight excluding hydrogens is 395 g/mol. The molecule has 1 N–H and O–H groups in total. The highest BCUT2D eigenvalue weighted by Crippen LogP contribution is 2.27. The molecule has 1 nitrogen and oxygen atoms in total. The van der Waals surface area contributed by atoms with Gasteiger partial charge in [-0.25, -0.2) is 8.78 Å². The molecule has 106 valence electrons. The van der Waals surface area contributed by atoms with Gasteiger partial charge in [0.15, 0.2) is 0 Å². The molecule has 0 bridgehead atoms. The number of benzene rings is 2. The molecule has 0 radical (unpaired) electrons. The fourth-order valence-electron chi connectivity index (χ4n) is 2.07. The van der Waals surface area contributed by atoms with Crippen molar-refractivity contribution < 1.29 is 8.78 Å². The van der Waals surface area contributed by atoms with Crippen LogP contribution in [-0.4, -0.2) is 7.05 Å². The molecule has 0 saturated heterocycles. The van der Waals surface area contributed by atoms with Crippen LogP contribution in [-0.2, 0) is 6.42 Å². The minimum Gasteiger partial charge on any atom is -0.313 e. The Kier molecular flexibility index (Phi) is 5.35. The number of hydrogen-bond donors (Lipinski definition) is 1. The van der Waals surface area contributed by atoms with Gasteiger partial charge < -0.3 is 5.32 Å². The second-order valence-electron chi connectivity index (χ2n) is 4.45. The first-order valence-electron chi connectivity index (χ1n) is 6.07. The first-order valence-corrected chi connectivity index (χ1v) is 7.53. The molecule has 0 aliphatic rings. The third-order valence-corrected chi connectivity index (χ3v) is 4.42. The van der Waals surface area contributed by atoms with Crippen LogP contribution in [0.25, 0.3) is 0 Å². The smallest absolute Gasteiger partial charge is 0.124 e. The van der Waals surface area contributed by atoms with Crippen LogP contribution in [0.4, 0.5) is 8.78 Å². The van der Waals surface area contributed by atoms with Gasteiger partial charge in [0, 0.05) is 14.6 Å². The van der Waals surface area contributed by atoms with Gasteiger partial charge >= 0.3 is 0 Å². The summed E-state index contributed by atoms with van der Waals surface area (Å²) in [5.41, 5.74) is 1.70. The molecule has 2 rings (SSSR count). The highest BCUT2D eigenvalue weighted by molar-refractivity contribution is 14.1. The molecule has 0 aliphatic heterocycles. The molecule has 0 amide bonds. The van der Waals surface area contributed by atoms with Gasteiger partial charge in [0.05, 0.1) is 0 Å². The molecule has 0 fully saturated rings. The zero-order valence-electron chi connectivity index (χ0n) is 10.8. The third kappa shape index (κ3) is 3.68. The van der Waals surface area contributed by atoms with Crippen LogP contribution >= 0.6 is 34.2 Å². The Morgan fingerprint density at radius 2 is 1.80 bits per heavy atom. The number of likely N-dealkylation sites (N-methyl/N-ethyl adjacent to an activating group) is 1. The van der Waals surface area contributed by atoms with Gasteiger partial charge in [0.2, 0.25) is 0 Å². The van der Waals surface area contributed by atoms with Gasteiger partial charge in [-0.15, -0.1) is 0 Å². The minimum atomic E-state index is -0.312. The summed E-state index contributed by atoms with van der Waals surface area (Å²) in [5.74, 6) is -0.579. The van der Waals surface area contributed by atoms with Crippen LogP contribution in [0.15, 0.2) is 36.4 Å². The van der Waals surface area contributed by atoms with E-state index in [0.717, 1.165) is 14.7 Å². The number of nitrogens with one attached hydrogen (secondary N) is 1. The second kappa shape index (κ2) is 6.83. The first kappa shape index (κ1) is 15.7. The summed E-state index contributed by atoms with van der Waals surface area (Å²) in [6.07, 6.45) is 0.536. The number of halogens is 4. The highest BCUT2D eigenvalue weighted by Gasteiger charge is 2.15. The van der Waals surface area contributed by atoms with Gasteiger partial charge in [0.1, 0.15) is 11.6 Å². The Bertz CT molecular complexity index is 619. The van der Waals surface area contributed by atoms with Crippen molar-refractivity contribution in [3.63, 3.8) is 0 Å². The largest absolute Gasteiger partial charge is 0.313 e. The Labute approximate surface area is 135 Å². The van der Waals surface area contributed by atoms with Crippen LogP contribution in [0.1, 0.15) is 17.2 Å². The predicted octanol–water partition coefficient (Wildman–Crippen LogP) is 4.73. The van der Waals surface area contributed by atoms with E-state index >= 15 is 0 Å². The van der Waals surface area contributed by atoms with Crippen molar-refractivity contribution in [2.45, 2.75) is 12.5 Å². The van der Waals surface area contributed by atoms with Crippen LogP contribution in [0.5, 0.6) is 0 Å². The average molecular weight is 408 g/mol. The minimum absolute atomic E-state index is 0.0539. The zero-order valence-corrected chi connectivity index (χ0v) is 13.7. The summed E-state index contributed by atoms with van der Waals surface area (Å²) < 4.78 is 27.3. The number of rotatable bonds is 4. The van der Waals surface area contributed by atoms with Crippen molar-refractivity contribution in [2.75, 3.05) is 7.05 Å². The van der Waals surface area contributed by atoms with Gasteiger partial charge in [0.25, 0.3) is 0 Å². The fourth-order valence-corrected chi connectivity index (χ4v) is 3.12. The van der Waals surface area contributed by atoms with E-state index in [1.54, 1.807) is 12.1 Å². The Hall–Kier alpha value is -0.720. The second-order valence-corrected chi connectivity index (χ2v) is 6.02. The van der Waals surface area contributed by atoms with Crippen molar-refractivity contribution in [2.24, 2.45) is 0 Å². The first-order chi connectivity index (χ1) is 9.51. The maximum absolute atomic E-state index is 13.3. The van der Waals surface area contributed by atoms with E-state index < -0.39 is 0 Å². The van der Waals surface area contributed by atoms with Crippen molar-refractivity contribution >= 4 is 34.2 Å². The molecule has 2 aromatic carbocycles. The topological polar surface area (TPSA) is 12.0 Å². The van der Waals surface area contributed by atoms with E-state index in [2.05, 4.69) is 27.9 Å². The highest BCUT2D eigenvalue weighted by atomic mass is 127. The lowest BCUT2D eigenvalue weighted by Gasteiger charge is -2.19. The van der Waals surface area contributed by atoms with Crippen LogP contribution in [0.2, 0.25) is 5.02 Å². The van der Waals surface area contributed by atoms with Crippen LogP contribution in [0, 0.1) is 15.2 Å². The van der Waals surface area contributed by atoms with Crippen molar-refractivity contribution in [3.05, 3.63) is 67.8 Å². The Morgan fingerprint density at radius 1 is 1.15 bits per heavy atom. The Balaban J connectivity index is 2.31. The summed E-state index contributed by atoms with van der Waals surface area (Å²) in [6, 6.07) is 8.91. The molecule has 0 aliphatic carbocycles. The van der Waals surface area contributed by atoms with Crippen molar-refractivity contribution in [3.8, 4) is 0 Å². The summed E-state index contributed by atoms with van der Waals surface area (Å²) >= 11 is 8.19. The summed E-state index contributed by atoms with van der Waals surface area (Å²) in [7, 11) is 1.82. The van der Waals surface area contributed by atoms with E-state index in [-0.39, 0.29) is 17.7 Å². The molecule has 0 heterocycles. The number of hydrogen-bond acceptors (Lipinski definition) is 1. The molecule has 5 heteroatoms. The summed E-state index contributed by atoms with van der Waals surface area (Å²) in [5, 5.41) is 3.70. The lowest BCUT2D eigenvalue weighted by molar-refractivity contribution is 0.577. The third-order valence-electron chi connectivity index (χ3n) is 3.12. The van der Waals surface area contributed by atoms with Gasteiger partial charge in [-0.2, -0.15) is 0 Å². The molecule has 1 atom stereocenters. The predicted molar refractivity (Wildman–Crippen MR) is 86.0 cm³/mol. The lowest BCUT2D eigenvalue weighted by atomic mass is 9.99. The maximum Gasteiger partial charge on any atom is 0.124 e. The van der Waals surface area contributed by atoms with Gasteiger partial charge in [-0.3, -0.25) is 0 Å². The summed E-state index contributed by atoms with van der Waals surface area (Å²) in [6.45, 7) is 0. The quantitative estimate of drug-likeness (QED) is 0.723. The monoisotopic (exact) mass is 407 g/mol. The van der Waals surface area contributed by atoms with E-state index in [9.17, 15) is 8.78 Å². The fraction of sp³-hybridized carbons (Fsp3) is 0.200. The van der Waals surface area contributed by atoms with Crippen LogP contribution < -0.4 is 5.32 Å². The van der Waals surface area contributed by atoms with Gasteiger partial charge in [-0.1, -0.05) is 17.7 Å². The molecule has 0 saturated carbocycles. The van der Waals surface area contributed by atoms with E-state index in [1.165, 1.54) is 24.3 Å². The van der Waals surface area contributed by atoms with Crippen molar-refractivity contribution in [1.82, 2.24) is 5.32 Å². The van der Waals surface area contributed by atoms with E-state index in [0.29, 0.717) is 11.4 Å². The molecule has 20 heavy (non-hydrogen) atoms. The van der Waals surface area contributed by atoms with Crippen LogP contribution in [0.3, 0.4) is 0 Å². The van der Waals surface area contributed by atoms with Gasteiger partial charge in [-0.05, 0) is 77.5 Å². The Morgan fingerprint density at radius 3 is 2.45 bits per heavy atom. The lowest BCUT2D eigenvalue weighted by Crippen LogP contribution is -2.20. The SMILES string of the molecule is CNC(Cc1cc(F)ccc1Cl)c1ccc(F)cc1I. The summed E-state index contributed by atoms with van der Waals surface area (Å²) in [4.78, 5) is 0. The molecule has 0 aromatic heterocycles. The standard InChI is InChI=1S/C15H13ClF2IN/c1-20-15(12-4-2-11(18)8-14(12)19)7-9-6-10(17)3-5-13(9)16/h2-6,8,15,20H,7H2,1H3. The molecular formula is C15H13ClF2IN. The van der Waals surface area contributed by atoms with Crippen molar-refractivity contribution in [1.29, 1.82) is 0 Å². The van der Waals surface area contributed by atoms with E-state index in [1.807, 2.05) is 7.05 Å². The zero-order chi connectivity index (χ0) is 14.7. The molecule has 1 unspecified atom stereocenters. The molecule has 2 aromatic rings.